The zero-order valence-corrected chi connectivity index (χ0v) is 12.2. The summed E-state index contributed by atoms with van der Waals surface area (Å²) < 4.78 is 24.9. The maximum absolute atomic E-state index is 12.4. The highest BCUT2D eigenvalue weighted by Crippen LogP contribution is 2.31. The molecule has 0 radical (unpaired) electrons. The summed E-state index contributed by atoms with van der Waals surface area (Å²) in [4.78, 5) is 12.2. The van der Waals surface area contributed by atoms with Crippen LogP contribution in [-0.2, 0) is 0 Å². The maximum atomic E-state index is 12.4. The number of carbonyl (C=O) groups is 1. The van der Waals surface area contributed by atoms with Gasteiger partial charge >= 0.3 is 6.03 Å². The third-order valence-electron chi connectivity index (χ3n) is 2.43. The Hall–Kier alpha value is -1.79. The summed E-state index contributed by atoms with van der Waals surface area (Å²) in [5.41, 5.74) is 0.835. The van der Waals surface area contributed by atoms with Crippen molar-refractivity contribution in [1.82, 2.24) is 0 Å². The van der Waals surface area contributed by atoms with Crippen LogP contribution in [0.15, 0.2) is 53.4 Å². The van der Waals surface area contributed by atoms with E-state index in [2.05, 4.69) is 10.6 Å². The van der Waals surface area contributed by atoms with E-state index in [1.165, 1.54) is 6.07 Å². The van der Waals surface area contributed by atoms with Crippen LogP contribution in [0.2, 0.25) is 5.02 Å². The number of alkyl halides is 2. The third kappa shape index (κ3) is 4.91. The van der Waals surface area contributed by atoms with E-state index in [0.717, 1.165) is 0 Å². The molecule has 7 heteroatoms. The van der Waals surface area contributed by atoms with Crippen molar-refractivity contribution in [1.29, 1.82) is 0 Å². The second-order valence-electron chi connectivity index (χ2n) is 3.96. The number of halogens is 3. The van der Waals surface area contributed by atoms with Crippen LogP contribution in [0.5, 0.6) is 0 Å². The third-order valence-corrected chi connectivity index (χ3v) is 3.46. The second kappa shape index (κ2) is 7.28. The van der Waals surface area contributed by atoms with Gasteiger partial charge < -0.3 is 10.6 Å². The van der Waals surface area contributed by atoms with Crippen molar-refractivity contribution in [3.05, 3.63) is 53.6 Å². The Labute approximate surface area is 129 Å². The van der Waals surface area contributed by atoms with Gasteiger partial charge in [0, 0.05) is 15.6 Å². The van der Waals surface area contributed by atoms with E-state index in [1.54, 1.807) is 42.5 Å². The predicted molar refractivity (Wildman–Crippen MR) is 82.4 cm³/mol. The maximum Gasteiger partial charge on any atom is 0.323 e. The van der Waals surface area contributed by atoms with Crippen molar-refractivity contribution in [2.45, 2.75) is 10.7 Å². The molecule has 2 aromatic carbocycles. The van der Waals surface area contributed by atoms with Gasteiger partial charge in [0.25, 0.3) is 5.76 Å². The molecule has 110 valence electrons. The normalized spacial score (nSPS) is 10.5. The minimum atomic E-state index is -2.55. The lowest BCUT2D eigenvalue weighted by Gasteiger charge is -2.11. The van der Waals surface area contributed by atoms with Crippen molar-refractivity contribution < 1.29 is 13.6 Å². The molecule has 0 heterocycles. The molecule has 0 saturated carbocycles. The fourth-order valence-corrected chi connectivity index (χ4v) is 2.40. The smallest absolute Gasteiger partial charge is 0.308 e. The topological polar surface area (TPSA) is 41.1 Å². The highest BCUT2D eigenvalue weighted by atomic mass is 35.5. The number of urea groups is 1. The Morgan fingerprint density at radius 1 is 1.10 bits per heavy atom. The molecule has 0 aliphatic rings. The van der Waals surface area contributed by atoms with Crippen molar-refractivity contribution in [3.63, 3.8) is 0 Å². The van der Waals surface area contributed by atoms with E-state index in [9.17, 15) is 13.6 Å². The summed E-state index contributed by atoms with van der Waals surface area (Å²) >= 11 is 6.19. The molecule has 2 N–H and O–H groups in total. The fraction of sp³-hybridized carbons (Fsp3) is 0.0714. The minimum absolute atomic E-state index is 0.300. The SMILES string of the molecule is O=C(Nc1cccc(Cl)c1)Nc1ccccc1SC(F)F. The standard InChI is InChI=1S/C14H11ClF2N2OS/c15-9-4-3-5-10(8-9)18-14(20)19-11-6-1-2-7-12(11)21-13(16)17/h1-8,13H,(H2,18,19,20). The highest BCUT2D eigenvalue weighted by Gasteiger charge is 2.11. The van der Waals surface area contributed by atoms with E-state index < -0.39 is 11.8 Å². The van der Waals surface area contributed by atoms with Crippen LogP contribution in [0.4, 0.5) is 25.0 Å². The Balaban J connectivity index is 2.06. The molecule has 0 bridgehead atoms. The number of carbonyl (C=O) groups excluding carboxylic acids is 1. The molecule has 0 aliphatic carbocycles. The van der Waals surface area contributed by atoms with Crippen LogP contribution in [0.3, 0.4) is 0 Å². The first-order valence-electron chi connectivity index (χ1n) is 5.92. The summed E-state index contributed by atoms with van der Waals surface area (Å²) in [5, 5.41) is 5.60. The van der Waals surface area contributed by atoms with Gasteiger partial charge in [-0.2, -0.15) is 8.78 Å². The molecule has 0 aliphatic heterocycles. The Morgan fingerprint density at radius 3 is 2.57 bits per heavy atom. The number of rotatable bonds is 4. The number of nitrogens with one attached hydrogen (secondary N) is 2. The van der Waals surface area contributed by atoms with Gasteiger partial charge in [0.2, 0.25) is 0 Å². The monoisotopic (exact) mass is 328 g/mol. The van der Waals surface area contributed by atoms with Crippen LogP contribution < -0.4 is 10.6 Å². The van der Waals surface area contributed by atoms with Gasteiger partial charge in [-0.1, -0.05) is 41.6 Å². The Bertz CT molecular complexity index is 640. The second-order valence-corrected chi connectivity index (χ2v) is 5.43. The molecule has 0 unspecified atom stereocenters. The van der Waals surface area contributed by atoms with Crippen LogP contribution in [0.25, 0.3) is 0 Å². The number of hydrogen-bond acceptors (Lipinski definition) is 2. The van der Waals surface area contributed by atoms with E-state index in [0.29, 0.717) is 33.1 Å². The molecule has 0 aromatic heterocycles. The summed E-state index contributed by atoms with van der Waals surface area (Å²) in [6, 6.07) is 12.5. The highest BCUT2D eigenvalue weighted by molar-refractivity contribution is 7.99. The van der Waals surface area contributed by atoms with E-state index in [-0.39, 0.29) is 0 Å². The number of anilines is 2. The van der Waals surface area contributed by atoms with Gasteiger partial charge in [-0.25, -0.2) is 4.79 Å². The molecular weight excluding hydrogens is 318 g/mol. The van der Waals surface area contributed by atoms with Gasteiger partial charge in [-0.15, -0.1) is 0 Å². The Kier molecular flexibility index (Phi) is 5.41. The quantitative estimate of drug-likeness (QED) is 0.748. The number of thioether (sulfide) groups is 1. The predicted octanol–water partition coefficient (Wildman–Crippen LogP) is 5.30. The molecule has 3 nitrogen and oxygen atoms in total. The van der Waals surface area contributed by atoms with Crippen LogP contribution in [-0.4, -0.2) is 11.8 Å². The number of hydrogen-bond donors (Lipinski definition) is 2. The summed E-state index contributed by atoms with van der Waals surface area (Å²) in [6.07, 6.45) is 0. The Morgan fingerprint density at radius 2 is 1.86 bits per heavy atom. The molecule has 21 heavy (non-hydrogen) atoms. The zero-order valence-electron chi connectivity index (χ0n) is 10.6. The molecule has 2 rings (SSSR count). The number of para-hydroxylation sites is 1. The molecule has 0 saturated heterocycles. The molecule has 2 aromatic rings. The summed E-state index contributed by atoms with van der Waals surface area (Å²) in [5.74, 6) is -2.55. The van der Waals surface area contributed by atoms with Gasteiger partial charge in [0.1, 0.15) is 0 Å². The lowest BCUT2D eigenvalue weighted by atomic mass is 10.3. The summed E-state index contributed by atoms with van der Waals surface area (Å²) in [6.45, 7) is 0. The van der Waals surface area contributed by atoms with E-state index >= 15 is 0 Å². The molecular formula is C14H11ClF2N2OS. The lowest BCUT2D eigenvalue weighted by molar-refractivity contribution is 0.252. The average molecular weight is 329 g/mol. The van der Waals surface area contributed by atoms with E-state index in [4.69, 9.17) is 11.6 Å². The van der Waals surface area contributed by atoms with Crippen LogP contribution in [0, 0.1) is 0 Å². The largest absolute Gasteiger partial charge is 0.323 e. The van der Waals surface area contributed by atoms with E-state index in [1.807, 2.05) is 0 Å². The van der Waals surface area contributed by atoms with Gasteiger partial charge in [0.15, 0.2) is 0 Å². The molecule has 0 atom stereocenters. The first-order valence-corrected chi connectivity index (χ1v) is 7.18. The molecule has 2 amide bonds. The lowest BCUT2D eigenvalue weighted by Crippen LogP contribution is -2.19. The summed E-state index contributed by atoms with van der Waals surface area (Å²) in [7, 11) is 0. The van der Waals surface area contributed by atoms with Crippen LogP contribution in [0.1, 0.15) is 0 Å². The van der Waals surface area contributed by atoms with Gasteiger partial charge in [0.05, 0.1) is 5.69 Å². The number of amides is 2. The van der Waals surface area contributed by atoms with Crippen molar-refractivity contribution in [2.24, 2.45) is 0 Å². The van der Waals surface area contributed by atoms with Crippen molar-refractivity contribution in [2.75, 3.05) is 10.6 Å². The van der Waals surface area contributed by atoms with Crippen LogP contribution >= 0.6 is 23.4 Å². The number of benzene rings is 2. The van der Waals surface area contributed by atoms with Crippen molar-refractivity contribution in [3.8, 4) is 0 Å². The van der Waals surface area contributed by atoms with Gasteiger partial charge in [-0.05, 0) is 30.3 Å². The first-order chi connectivity index (χ1) is 10.0. The molecule has 0 spiro atoms. The molecule has 0 fully saturated rings. The average Bonchev–Trinajstić information content (AvgIpc) is 2.40. The van der Waals surface area contributed by atoms with Crippen molar-refractivity contribution >= 4 is 40.8 Å². The first kappa shape index (κ1) is 15.6. The zero-order chi connectivity index (χ0) is 15.2. The fourth-order valence-electron chi connectivity index (χ4n) is 1.62. The minimum Gasteiger partial charge on any atom is -0.308 e. The van der Waals surface area contributed by atoms with Gasteiger partial charge in [-0.3, -0.25) is 0 Å².